The Morgan fingerprint density at radius 3 is 2.24 bits per heavy atom. The van der Waals surface area contributed by atoms with Gasteiger partial charge >= 0.3 is 0 Å². The summed E-state index contributed by atoms with van der Waals surface area (Å²) < 4.78 is 10.8. The summed E-state index contributed by atoms with van der Waals surface area (Å²) in [6.45, 7) is 1.19. The second kappa shape index (κ2) is 8.15. The molecule has 2 heterocycles. The SMILES string of the molecule is COc1cccc(OC)c1C(=O)N1CCC(N2C(=O)CCc3ccccc32)CC1. The van der Waals surface area contributed by atoms with Gasteiger partial charge in [0, 0.05) is 31.2 Å². The number of para-hydroxylation sites is 1. The molecule has 0 bridgehead atoms. The van der Waals surface area contributed by atoms with Gasteiger partial charge in [-0.1, -0.05) is 24.3 Å². The van der Waals surface area contributed by atoms with Gasteiger partial charge in [0.1, 0.15) is 17.1 Å². The Hall–Kier alpha value is -3.02. The molecule has 6 nitrogen and oxygen atoms in total. The quantitative estimate of drug-likeness (QED) is 0.799. The second-order valence-corrected chi connectivity index (χ2v) is 7.45. The fourth-order valence-corrected chi connectivity index (χ4v) is 4.40. The van der Waals surface area contributed by atoms with Crippen LogP contribution in [0, 0.1) is 0 Å². The molecule has 152 valence electrons. The number of hydrogen-bond acceptors (Lipinski definition) is 4. The lowest BCUT2D eigenvalue weighted by molar-refractivity contribution is -0.119. The number of fused-ring (bicyclic) bond motifs is 1. The summed E-state index contributed by atoms with van der Waals surface area (Å²) in [5, 5.41) is 0. The zero-order valence-corrected chi connectivity index (χ0v) is 16.9. The van der Waals surface area contributed by atoms with Crippen molar-refractivity contribution in [2.24, 2.45) is 0 Å². The molecule has 0 unspecified atom stereocenters. The van der Waals surface area contributed by atoms with E-state index in [1.165, 1.54) is 5.56 Å². The predicted molar refractivity (Wildman–Crippen MR) is 111 cm³/mol. The van der Waals surface area contributed by atoms with Gasteiger partial charge in [-0.25, -0.2) is 0 Å². The van der Waals surface area contributed by atoms with Crippen molar-refractivity contribution < 1.29 is 19.1 Å². The average Bonchev–Trinajstić information content (AvgIpc) is 2.78. The van der Waals surface area contributed by atoms with Crippen LogP contribution in [0.3, 0.4) is 0 Å². The topological polar surface area (TPSA) is 59.1 Å². The third kappa shape index (κ3) is 3.55. The Kier molecular flexibility index (Phi) is 5.43. The summed E-state index contributed by atoms with van der Waals surface area (Å²) >= 11 is 0. The Morgan fingerprint density at radius 2 is 1.59 bits per heavy atom. The maximum absolute atomic E-state index is 13.2. The summed E-state index contributed by atoms with van der Waals surface area (Å²) in [4.78, 5) is 29.7. The zero-order valence-electron chi connectivity index (χ0n) is 16.9. The molecule has 2 amide bonds. The third-order valence-electron chi connectivity index (χ3n) is 5.89. The zero-order chi connectivity index (χ0) is 20.4. The number of ether oxygens (including phenoxy) is 2. The Bertz CT molecular complexity index is 897. The van der Waals surface area contributed by atoms with Crippen LogP contribution in [0.25, 0.3) is 0 Å². The highest BCUT2D eigenvalue weighted by molar-refractivity contribution is 6.00. The minimum Gasteiger partial charge on any atom is -0.496 e. The number of hydrogen-bond donors (Lipinski definition) is 0. The van der Waals surface area contributed by atoms with Gasteiger partial charge in [-0.2, -0.15) is 0 Å². The Balaban J connectivity index is 1.51. The molecular weight excluding hydrogens is 368 g/mol. The number of carbonyl (C=O) groups excluding carboxylic acids is 2. The minimum absolute atomic E-state index is 0.0943. The number of methoxy groups -OCH3 is 2. The summed E-state index contributed by atoms with van der Waals surface area (Å²) in [6.07, 6.45) is 2.86. The molecule has 6 heteroatoms. The molecule has 0 atom stereocenters. The number of aryl methyl sites for hydroxylation is 1. The molecule has 2 aromatic carbocycles. The van der Waals surface area contributed by atoms with Gasteiger partial charge in [-0.05, 0) is 43.0 Å². The van der Waals surface area contributed by atoms with Crippen molar-refractivity contribution in [1.82, 2.24) is 4.90 Å². The van der Waals surface area contributed by atoms with E-state index >= 15 is 0 Å². The van der Waals surface area contributed by atoms with E-state index in [0.717, 1.165) is 24.9 Å². The van der Waals surface area contributed by atoms with Crippen molar-refractivity contribution in [3.63, 3.8) is 0 Å². The van der Waals surface area contributed by atoms with E-state index in [0.29, 0.717) is 36.6 Å². The highest BCUT2D eigenvalue weighted by Gasteiger charge is 2.34. The van der Waals surface area contributed by atoms with Crippen LogP contribution in [0.15, 0.2) is 42.5 Å². The van der Waals surface area contributed by atoms with Crippen LogP contribution in [0.2, 0.25) is 0 Å². The molecular formula is C23H26N2O4. The maximum Gasteiger partial charge on any atom is 0.261 e. The number of anilines is 1. The van der Waals surface area contributed by atoms with Gasteiger partial charge in [-0.3, -0.25) is 9.59 Å². The fraction of sp³-hybridized carbons (Fsp3) is 0.391. The predicted octanol–water partition coefficient (Wildman–Crippen LogP) is 3.29. The molecule has 0 saturated carbocycles. The summed E-state index contributed by atoms with van der Waals surface area (Å²) in [5.41, 5.74) is 2.71. The van der Waals surface area contributed by atoms with Crippen LogP contribution >= 0.6 is 0 Å². The Morgan fingerprint density at radius 1 is 0.931 bits per heavy atom. The summed E-state index contributed by atoms with van der Waals surface area (Å²) in [7, 11) is 3.11. The third-order valence-corrected chi connectivity index (χ3v) is 5.89. The maximum atomic E-state index is 13.2. The van der Waals surface area contributed by atoms with Crippen molar-refractivity contribution >= 4 is 17.5 Å². The van der Waals surface area contributed by atoms with Crippen LogP contribution in [-0.4, -0.2) is 50.1 Å². The number of likely N-dealkylation sites (tertiary alicyclic amines) is 1. The van der Waals surface area contributed by atoms with E-state index in [4.69, 9.17) is 9.47 Å². The smallest absolute Gasteiger partial charge is 0.261 e. The van der Waals surface area contributed by atoms with Gasteiger partial charge < -0.3 is 19.3 Å². The summed E-state index contributed by atoms with van der Waals surface area (Å²) in [6, 6.07) is 13.6. The van der Waals surface area contributed by atoms with E-state index in [9.17, 15) is 9.59 Å². The van der Waals surface area contributed by atoms with Crippen LogP contribution in [-0.2, 0) is 11.2 Å². The largest absolute Gasteiger partial charge is 0.496 e. The standard InChI is InChI=1S/C23H26N2O4/c1-28-19-8-5-9-20(29-2)22(19)23(27)24-14-12-17(13-15-24)25-18-7-4-3-6-16(18)10-11-21(25)26/h3-9,17H,10-15H2,1-2H3. The van der Waals surface area contributed by atoms with E-state index in [1.807, 2.05) is 28.0 Å². The van der Waals surface area contributed by atoms with Crippen LogP contribution in [0.5, 0.6) is 11.5 Å². The first-order chi connectivity index (χ1) is 14.1. The van der Waals surface area contributed by atoms with Gasteiger partial charge in [0.2, 0.25) is 5.91 Å². The van der Waals surface area contributed by atoms with Crippen molar-refractivity contribution in [3.8, 4) is 11.5 Å². The normalized spacial score (nSPS) is 17.1. The number of rotatable bonds is 4. The molecule has 1 saturated heterocycles. The van der Waals surface area contributed by atoms with Gasteiger partial charge in [0.15, 0.2) is 0 Å². The molecule has 2 aromatic rings. The molecule has 0 aliphatic carbocycles. The average molecular weight is 394 g/mol. The first-order valence-electron chi connectivity index (χ1n) is 10.0. The number of amides is 2. The van der Waals surface area contributed by atoms with Crippen molar-refractivity contribution in [1.29, 1.82) is 0 Å². The van der Waals surface area contributed by atoms with Gasteiger partial charge in [0.25, 0.3) is 5.91 Å². The highest BCUT2D eigenvalue weighted by Crippen LogP contribution is 2.34. The van der Waals surface area contributed by atoms with E-state index in [1.54, 1.807) is 32.4 Å². The molecule has 1 fully saturated rings. The minimum atomic E-state index is -0.0943. The van der Waals surface area contributed by atoms with Gasteiger partial charge in [-0.15, -0.1) is 0 Å². The molecule has 29 heavy (non-hydrogen) atoms. The number of carbonyl (C=O) groups is 2. The monoisotopic (exact) mass is 394 g/mol. The van der Waals surface area contributed by atoms with Crippen LogP contribution < -0.4 is 14.4 Å². The van der Waals surface area contributed by atoms with Crippen molar-refractivity contribution in [3.05, 3.63) is 53.6 Å². The Labute approximate surface area is 171 Å². The van der Waals surface area contributed by atoms with E-state index < -0.39 is 0 Å². The number of benzene rings is 2. The lowest BCUT2D eigenvalue weighted by atomic mass is 9.95. The number of piperidine rings is 1. The fourth-order valence-electron chi connectivity index (χ4n) is 4.40. The first-order valence-corrected chi connectivity index (χ1v) is 10.0. The molecule has 4 rings (SSSR count). The number of nitrogens with zero attached hydrogens (tertiary/aromatic N) is 2. The molecule has 0 spiro atoms. The van der Waals surface area contributed by atoms with Crippen molar-refractivity contribution in [2.75, 3.05) is 32.2 Å². The van der Waals surface area contributed by atoms with Gasteiger partial charge in [0.05, 0.1) is 14.2 Å². The van der Waals surface area contributed by atoms with E-state index in [2.05, 4.69) is 6.07 Å². The van der Waals surface area contributed by atoms with Crippen molar-refractivity contribution in [2.45, 2.75) is 31.7 Å². The lowest BCUT2D eigenvalue weighted by Gasteiger charge is -2.41. The molecule has 2 aliphatic heterocycles. The molecule has 0 aromatic heterocycles. The first kappa shape index (κ1) is 19.3. The molecule has 2 aliphatic rings. The summed E-state index contributed by atoms with van der Waals surface area (Å²) in [5.74, 6) is 1.11. The second-order valence-electron chi connectivity index (χ2n) is 7.45. The lowest BCUT2D eigenvalue weighted by Crippen LogP contribution is -2.50. The molecule has 0 N–H and O–H groups in total. The molecule has 0 radical (unpaired) electrons. The highest BCUT2D eigenvalue weighted by atomic mass is 16.5. The van der Waals surface area contributed by atoms with E-state index in [-0.39, 0.29) is 17.9 Å². The van der Waals surface area contributed by atoms with Crippen LogP contribution in [0.4, 0.5) is 5.69 Å². The van der Waals surface area contributed by atoms with Crippen LogP contribution in [0.1, 0.15) is 35.2 Å².